The molecule has 3 aromatic rings. The van der Waals surface area contributed by atoms with E-state index in [0.29, 0.717) is 11.1 Å². The van der Waals surface area contributed by atoms with Gasteiger partial charge in [-0.1, -0.05) is 48.0 Å². The third kappa shape index (κ3) is 4.79. The van der Waals surface area contributed by atoms with Crippen molar-refractivity contribution in [1.82, 2.24) is 4.98 Å². The Hall–Kier alpha value is -3.78. The highest BCUT2D eigenvalue weighted by molar-refractivity contribution is 6.32. The second-order valence-corrected chi connectivity index (χ2v) is 6.66. The summed E-state index contributed by atoms with van der Waals surface area (Å²) in [5, 5.41) is 13.8. The van der Waals surface area contributed by atoms with Crippen LogP contribution in [0.5, 0.6) is 0 Å². The number of benzene rings is 2. The molecule has 0 saturated carbocycles. The van der Waals surface area contributed by atoms with Crippen molar-refractivity contribution in [2.45, 2.75) is 13.0 Å². The molecule has 1 amide bonds. The zero-order valence-corrected chi connectivity index (χ0v) is 16.5. The number of aryl methyl sites for hydroxylation is 1. The first kappa shape index (κ1) is 20.9. The zero-order chi connectivity index (χ0) is 21.7. The third-order valence-corrected chi connectivity index (χ3v) is 4.45. The van der Waals surface area contributed by atoms with E-state index < -0.39 is 22.9 Å². The van der Waals surface area contributed by atoms with Crippen LogP contribution in [0.15, 0.2) is 66.9 Å². The molecule has 0 aliphatic rings. The van der Waals surface area contributed by atoms with E-state index in [4.69, 9.17) is 16.3 Å². The number of carbonyl (C=O) groups excluding carboxylic acids is 2. The maximum Gasteiger partial charge on any atom is 0.342 e. The van der Waals surface area contributed by atoms with Crippen molar-refractivity contribution in [2.75, 3.05) is 5.32 Å². The molecule has 3 rings (SSSR count). The maximum atomic E-state index is 13.0. The number of pyridine rings is 1. The summed E-state index contributed by atoms with van der Waals surface area (Å²) in [5.74, 6) is -1.60. The molecule has 9 heteroatoms. The smallest absolute Gasteiger partial charge is 0.342 e. The van der Waals surface area contributed by atoms with Gasteiger partial charge in [-0.05, 0) is 30.7 Å². The molecule has 1 aromatic heterocycles. The summed E-state index contributed by atoms with van der Waals surface area (Å²) >= 11 is 5.94. The van der Waals surface area contributed by atoms with Gasteiger partial charge in [-0.25, -0.2) is 9.78 Å². The van der Waals surface area contributed by atoms with E-state index in [1.54, 1.807) is 43.3 Å². The van der Waals surface area contributed by atoms with E-state index in [0.717, 1.165) is 0 Å². The van der Waals surface area contributed by atoms with Crippen LogP contribution in [0, 0.1) is 17.0 Å². The first-order valence-corrected chi connectivity index (χ1v) is 9.17. The molecule has 152 valence electrons. The van der Waals surface area contributed by atoms with Crippen LogP contribution in [0.4, 0.5) is 11.4 Å². The molecular formula is C21H16ClN3O5. The van der Waals surface area contributed by atoms with Gasteiger partial charge in [0.1, 0.15) is 10.8 Å². The number of carbonyl (C=O) groups is 2. The molecule has 30 heavy (non-hydrogen) atoms. The van der Waals surface area contributed by atoms with E-state index in [9.17, 15) is 19.7 Å². The molecule has 1 atom stereocenters. The van der Waals surface area contributed by atoms with Crippen LogP contribution in [0.25, 0.3) is 0 Å². The minimum atomic E-state index is -1.36. The minimum Gasteiger partial charge on any atom is -0.444 e. The van der Waals surface area contributed by atoms with Crippen molar-refractivity contribution >= 4 is 34.9 Å². The Kier molecular flexibility index (Phi) is 6.38. The maximum absolute atomic E-state index is 13.0. The molecule has 1 heterocycles. The summed E-state index contributed by atoms with van der Waals surface area (Å²) in [6.07, 6.45) is 0.0488. The fraction of sp³-hybridized carbons (Fsp3) is 0.0952. The SMILES string of the molecule is Cc1ccc(NC(=O)[C@H](OC(=O)c2cccnc2Cl)c2ccccc2)c([N+](=O)[O-])c1. The number of hydrogen-bond acceptors (Lipinski definition) is 6. The number of rotatable bonds is 6. The van der Waals surface area contributed by atoms with Gasteiger partial charge in [0.15, 0.2) is 0 Å². The van der Waals surface area contributed by atoms with E-state index in [2.05, 4.69) is 10.3 Å². The number of aromatic nitrogens is 1. The minimum absolute atomic E-state index is 0.00536. The quantitative estimate of drug-likeness (QED) is 0.269. The molecule has 0 unspecified atom stereocenters. The lowest BCUT2D eigenvalue weighted by Gasteiger charge is -2.18. The molecule has 8 nitrogen and oxygen atoms in total. The van der Waals surface area contributed by atoms with Crippen LogP contribution in [0.1, 0.15) is 27.6 Å². The fourth-order valence-corrected chi connectivity index (χ4v) is 2.90. The lowest BCUT2D eigenvalue weighted by molar-refractivity contribution is -0.384. The van der Waals surface area contributed by atoms with Crippen LogP contribution in [0.2, 0.25) is 5.15 Å². The number of nitro groups is 1. The first-order valence-electron chi connectivity index (χ1n) is 8.79. The van der Waals surface area contributed by atoms with Crippen LogP contribution >= 0.6 is 11.6 Å². The van der Waals surface area contributed by atoms with E-state index in [1.165, 1.54) is 30.5 Å². The number of ether oxygens (including phenoxy) is 1. The molecule has 0 fully saturated rings. The van der Waals surface area contributed by atoms with Crippen molar-refractivity contribution in [1.29, 1.82) is 0 Å². The molecule has 0 saturated heterocycles. The van der Waals surface area contributed by atoms with Gasteiger partial charge >= 0.3 is 5.97 Å². The van der Waals surface area contributed by atoms with Crippen LogP contribution in [0.3, 0.4) is 0 Å². The Morgan fingerprint density at radius 1 is 1.13 bits per heavy atom. The molecule has 0 aliphatic heterocycles. The third-order valence-electron chi connectivity index (χ3n) is 4.15. The second-order valence-electron chi connectivity index (χ2n) is 6.30. The van der Waals surface area contributed by atoms with Crippen LogP contribution < -0.4 is 5.32 Å². The molecular weight excluding hydrogens is 410 g/mol. The van der Waals surface area contributed by atoms with E-state index in [1.807, 2.05) is 0 Å². The molecule has 0 bridgehead atoms. The Morgan fingerprint density at radius 2 is 1.87 bits per heavy atom. The summed E-state index contributed by atoms with van der Waals surface area (Å²) in [4.78, 5) is 40.1. The number of esters is 1. The van der Waals surface area contributed by atoms with Gasteiger partial charge in [0.05, 0.1) is 10.5 Å². The van der Waals surface area contributed by atoms with Crippen LogP contribution in [-0.4, -0.2) is 21.8 Å². The predicted molar refractivity (Wildman–Crippen MR) is 110 cm³/mol. The van der Waals surface area contributed by atoms with Gasteiger partial charge in [0.2, 0.25) is 6.10 Å². The molecule has 2 aromatic carbocycles. The standard InChI is InChI=1S/C21H16ClN3O5/c1-13-9-10-16(17(12-13)25(28)29)24-20(26)18(14-6-3-2-4-7-14)30-21(27)15-8-5-11-23-19(15)22/h2-12,18H,1H3,(H,24,26)/t18-/m1/s1. The summed E-state index contributed by atoms with van der Waals surface area (Å²) in [7, 11) is 0. The van der Waals surface area contributed by atoms with Crippen molar-refractivity contribution in [3.05, 3.63) is 98.8 Å². The summed E-state index contributed by atoms with van der Waals surface area (Å²) < 4.78 is 5.42. The van der Waals surface area contributed by atoms with Gasteiger partial charge < -0.3 is 10.1 Å². The first-order chi connectivity index (χ1) is 14.4. The Bertz CT molecular complexity index is 1100. The number of nitro benzene ring substituents is 1. The largest absolute Gasteiger partial charge is 0.444 e. The van der Waals surface area contributed by atoms with Crippen molar-refractivity contribution in [3.8, 4) is 0 Å². The summed E-state index contributed by atoms with van der Waals surface area (Å²) in [6.45, 7) is 1.70. The van der Waals surface area contributed by atoms with Gasteiger partial charge in [-0.15, -0.1) is 0 Å². The average Bonchev–Trinajstić information content (AvgIpc) is 2.73. The van der Waals surface area contributed by atoms with Crippen LogP contribution in [-0.2, 0) is 9.53 Å². The molecule has 0 radical (unpaired) electrons. The molecule has 0 spiro atoms. The van der Waals surface area contributed by atoms with E-state index in [-0.39, 0.29) is 22.1 Å². The normalized spacial score (nSPS) is 11.4. The topological polar surface area (TPSA) is 111 Å². The van der Waals surface area contributed by atoms with Crippen molar-refractivity contribution in [3.63, 3.8) is 0 Å². The molecule has 1 N–H and O–H groups in total. The molecule has 0 aliphatic carbocycles. The lowest BCUT2D eigenvalue weighted by Crippen LogP contribution is -2.26. The Balaban J connectivity index is 1.92. The number of hydrogen-bond donors (Lipinski definition) is 1. The second kappa shape index (κ2) is 9.15. The summed E-state index contributed by atoms with van der Waals surface area (Å²) in [5.41, 5.74) is 0.771. The fourth-order valence-electron chi connectivity index (χ4n) is 2.71. The highest BCUT2D eigenvalue weighted by Gasteiger charge is 2.28. The van der Waals surface area contributed by atoms with Gasteiger partial charge in [-0.2, -0.15) is 0 Å². The Morgan fingerprint density at radius 3 is 2.53 bits per heavy atom. The number of anilines is 1. The van der Waals surface area contributed by atoms with Gasteiger partial charge in [0.25, 0.3) is 11.6 Å². The zero-order valence-electron chi connectivity index (χ0n) is 15.7. The van der Waals surface area contributed by atoms with Crippen molar-refractivity contribution < 1.29 is 19.2 Å². The lowest BCUT2D eigenvalue weighted by atomic mass is 10.1. The highest BCUT2D eigenvalue weighted by Crippen LogP contribution is 2.28. The number of nitrogens with one attached hydrogen (secondary N) is 1. The van der Waals surface area contributed by atoms with Crippen molar-refractivity contribution in [2.24, 2.45) is 0 Å². The monoisotopic (exact) mass is 425 g/mol. The van der Waals surface area contributed by atoms with Gasteiger partial charge in [-0.3, -0.25) is 14.9 Å². The number of halogens is 1. The average molecular weight is 426 g/mol. The summed E-state index contributed by atoms with van der Waals surface area (Å²) in [6, 6.07) is 15.6. The number of nitrogens with zero attached hydrogens (tertiary/aromatic N) is 2. The van der Waals surface area contributed by atoms with Gasteiger partial charge in [0, 0.05) is 17.8 Å². The Labute approximate surface area is 176 Å². The van der Waals surface area contributed by atoms with E-state index >= 15 is 0 Å². The highest BCUT2D eigenvalue weighted by atomic mass is 35.5. The number of amides is 1. The predicted octanol–water partition coefficient (Wildman–Crippen LogP) is 4.49.